The van der Waals surface area contributed by atoms with Gasteiger partial charge in [-0.05, 0) is 24.6 Å². The number of hydrogen-bond acceptors (Lipinski definition) is 10. The number of carboxylic acids is 1. The molecule has 0 spiro atoms. The molecule has 0 atom stereocenters. The average molecular weight is 577 g/mol. The Kier molecular flexibility index (Phi) is 9.45. The molecule has 3 aromatic rings. The van der Waals surface area contributed by atoms with Crippen molar-refractivity contribution in [3.05, 3.63) is 48.2 Å². The molecule has 0 amide bonds. The number of likely N-dealkylation sites (N-methyl/N-ethyl adjacent to an activating group) is 1. The normalized spacial score (nSPS) is 14.8. The molecule has 0 bridgehead atoms. The summed E-state index contributed by atoms with van der Waals surface area (Å²) in [5.41, 5.74) is 3.90. The van der Waals surface area contributed by atoms with Gasteiger partial charge in [-0.1, -0.05) is 12.1 Å². The van der Waals surface area contributed by atoms with E-state index in [2.05, 4.69) is 25.8 Å². The van der Waals surface area contributed by atoms with Crippen LogP contribution < -0.4 is 14.7 Å². The molecule has 0 saturated carbocycles. The lowest BCUT2D eigenvalue weighted by Gasteiger charge is -2.28. The van der Waals surface area contributed by atoms with Gasteiger partial charge in [0.1, 0.15) is 17.4 Å². The average Bonchev–Trinajstić information content (AvgIpc) is 3.40. The monoisotopic (exact) mass is 576 g/mol. The fourth-order valence-corrected chi connectivity index (χ4v) is 4.42. The van der Waals surface area contributed by atoms with E-state index in [1.54, 1.807) is 19.2 Å². The predicted molar refractivity (Wildman–Crippen MR) is 146 cm³/mol. The maximum absolute atomic E-state index is 10.6. The Hall–Kier alpha value is -4.17. The van der Waals surface area contributed by atoms with Crippen LogP contribution in [-0.4, -0.2) is 97.5 Å². The third-order valence-corrected chi connectivity index (χ3v) is 6.53. The van der Waals surface area contributed by atoms with E-state index in [1.165, 1.54) is 0 Å². The van der Waals surface area contributed by atoms with Crippen LogP contribution in [0.1, 0.15) is 5.56 Å². The SMILES string of the molecule is COCCN(C)c1cc(N2CCc3c(-c4cccc(O)c4)nc(N4CCOCC4)nc32)ccn1.O=C(O)C(F)(F)F. The summed E-state index contributed by atoms with van der Waals surface area (Å²) in [6, 6.07) is 11.4. The van der Waals surface area contributed by atoms with Crippen LogP contribution in [0.2, 0.25) is 0 Å². The molecule has 5 rings (SSSR count). The molecule has 41 heavy (non-hydrogen) atoms. The number of ether oxygens (including phenoxy) is 2. The van der Waals surface area contributed by atoms with Crippen molar-refractivity contribution in [1.82, 2.24) is 15.0 Å². The van der Waals surface area contributed by atoms with Crippen molar-refractivity contribution >= 4 is 29.2 Å². The molecule has 1 saturated heterocycles. The van der Waals surface area contributed by atoms with Crippen molar-refractivity contribution in [3.8, 4) is 17.0 Å². The Bertz CT molecular complexity index is 1350. The van der Waals surface area contributed by atoms with Crippen LogP contribution in [0.15, 0.2) is 42.6 Å². The van der Waals surface area contributed by atoms with Gasteiger partial charge in [-0.25, -0.2) is 14.8 Å². The molecule has 220 valence electrons. The summed E-state index contributed by atoms with van der Waals surface area (Å²) in [6.07, 6.45) is -2.42. The number of hydrogen-bond donors (Lipinski definition) is 2. The van der Waals surface area contributed by atoms with Crippen LogP contribution >= 0.6 is 0 Å². The zero-order chi connectivity index (χ0) is 29.6. The number of anilines is 4. The van der Waals surface area contributed by atoms with E-state index >= 15 is 0 Å². The lowest BCUT2D eigenvalue weighted by Crippen LogP contribution is -2.37. The number of aromatic nitrogens is 3. The quantitative estimate of drug-likeness (QED) is 0.430. The molecule has 0 aliphatic carbocycles. The highest BCUT2D eigenvalue weighted by Crippen LogP contribution is 2.40. The zero-order valence-corrected chi connectivity index (χ0v) is 22.6. The van der Waals surface area contributed by atoms with Gasteiger partial charge in [0.15, 0.2) is 0 Å². The molecule has 1 aromatic carbocycles. The Morgan fingerprint density at radius 1 is 1.15 bits per heavy atom. The lowest BCUT2D eigenvalue weighted by atomic mass is 10.1. The van der Waals surface area contributed by atoms with Gasteiger partial charge >= 0.3 is 12.1 Å². The van der Waals surface area contributed by atoms with E-state index in [1.807, 2.05) is 31.4 Å². The van der Waals surface area contributed by atoms with Gasteiger partial charge < -0.3 is 34.4 Å². The van der Waals surface area contributed by atoms with Crippen molar-refractivity contribution in [2.45, 2.75) is 12.6 Å². The number of methoxy groups -OCH3 is 1. The first-order valence-corrected chi connectivity index (χ1v) is 12.8. The number of pyridine rings is 1. The number of phenols is 1. The smallest absolute Gasteiger partial charge is 0.490 e. The molecule has 4 heterocycles. The number of carboxylic acid groups (broad SMARTS) is 1. The number of halogens is 3. The summed E-state index contributed by atoms with van der Waals surface area (Å²) in [7, 11) is 3.72. The van der Waals surface area contributed by atoms with Gasteiger partial charge in [-0.2, -0.15) is 18.2 Å². The van der Waals surface area contributed by atoms with E-state index in [-0.39, 0.29) is 5.75 Å². The first kappa shape index (κ1) is 29.8. The van der Waals surface area contributed by atoms with Gasteiger partial charge in [-0.15, -0.1) is 0 Å². The molecule has 2 N–H and O–H groups in total. The maximum atomic E-state index is 10.6. The van der Waals surface area contributed by atoms with Crippen molar-refractivity contribution in [3.63, 3.8) is 0 Å². The van der Waals surface area contributed by atoms with E-state index in [0.29, 0.717) is 25.8 Å². The molecular formula is C27H31F3N6O5. The second-order valence-corrected chi connectivity index (χ2v) is 9.32. The summed E-state index contributed by atoms with van der Waals surface area (Å²) < 4.78 is 42.5. The van der Waals surface area contributed by atoms with Gasteiger partial charge in [0.25, 0.3) is 0 Å². The summed E-state index contributed by atoms with van der Waals surface area (Å²) in [4.78, 5) is 29.9. The minimum absolute atomic E-state index is 0.227. The Balaban J connectivity index is 0.000000493. The van der Waals surface area contributed by atoms with E-state index in [4.69, 9.17) is 29.3 Å². The third-order valence-electron chi connectivity index (χ3n) is 6.53. The fraction of sp³-hybridized carbons (Fsp3) is 0.407. The molecular weight excluding hydrogens is 545 g/mol. The molecule has 1 fully saturated rings. The largest absolute Gasteiger partial charge is 0.508 e. The summed E-state index contributed by atoms with van der Waals surface area (Å²) in [5, 5.41) is 17.2. The molecule has 2 aliphatic heterocycles. The van der Waals surface area contributed by atoms with Crippen LogP contribution in [0.25, 0.3) is 11.3 Å². The van der Waals surface area contributed by atoms with E-state index in [9.17, 15) is 18.3 Å². The first-order chi connectivity index (χ1) is 19.6. The second-order valence-electron chi connectivity index (χ2n) is 9.32. The van der Waals surface area contributed by atoms with E-state index < -0.39 is 12.1 Å². The summed E-state index contributed by atoms with van der Waals surface area (Å²) in [5.74, 6) is -0.0398. The number of carbonyl (C=O) groups is 1. The highest BCUT2D eigenvalue weighted by molar-refractivity contribution is 5.78. The number of benzene rings is 1. The molecule has 2 aliphatic rings. The van der Waals surface area contributed by atoms with Crippen LogP contribution in [0.4, 0.5) is 36.4 Å². The first-order valence-electron chi connectivity index (χ1n) is 12.8. The number of alkyl halides is 3. The fourth-order valence-electron chi connectivity index (χ4n) is 4.42. The Morgan fingerprint density at radius 3 is 2.54 bits per heavy atom. The standard InChI is InChI=1S/C25H30N6O3.C2HF3O2/c1-29(10-13-33-2)22-17-19(6-8-26-22)31-9-7-21-23(18-4-3-5-20(32)16-18)27-25(28-24(21)31)30-11-14-34-15-12-30;3-2(4,5)1(6)7/h3-6,8,16-17,32H,7,9-15H2,1-2H3;(H,6,7). The Morgan fingerprint density at radius 2 is 1.88 bits per heavy atom. The number of morpholine rings is 1. The van der Waals surface area contributed by atoms with Crippen molar-refractivity contribution in [1.29, 1.82) is 0 Å². The van der Waals surface area contributed by atoms with Crippen LogP contribution in [0.5, 0.6) is 5.75 Å². The zero-order valence-electron chi connectivity index (χ0n) is 22.6. The summed E-state index contributed by atoms with van der Waals surface area (Å²) in [6.45, 7) is 5.02. The van der Waals surface area contributed by atoms with E-state index in [0.717, 1.165) is 66.7 Å². The summed E-state index contributed by atoms with van der Waals surface area (Å²) >= 11 is 0. The number of fused-ring (bicyclic) bond motifs is 1. The number of aromatic hydroxyl groups is 1. The lowest BCUT2D eigenvalue weighted by molar-refractivity contribution is -0.192. The topological polar surface area (TPSA) is 124 Å². The number of rotatable bonds is 7. The predicted octanol–water partition coefficient (Wildman–Crippen LogP) is 3.49. The maximum Gasteiger partial charge on any atom is 0.490 e. The van der Waals surface area contributed by atoms with Gasteiger partial charge in [0.2, 0.25) is 5.95 Å². The number of nitrogens with zero attached hydrogens (tertiary/aromatic N) is 6. The van der Waals surface area contributed by atoms with Crippen molar-refractivity contribution in [2.24, 2.45) is 0 Å². The molecule has 11 nitrogen and oxygen atoms in total. The molecule has 2 aromatic heterocycles. The molecule has 0 radical (unpaired) electrons. The minimum atomic E-state index is -5.08. The number of aliphatic carboxylic acids is 1. The van der Waals surface area contributed by atoms with Crippen LogP contribution in [0, 0.1) is 0 Å². The number of phenolic OH excluding ortho intramolecular Hbond substituents is 1. The van der Waals surface area contributed by atoms with Crippen LogP contribution in [-0.2, 0) is 20.7 Å². The highest BCUT2D eigenvalue weighted by Gasteiger charge is 2.38. The van der Waals surface area contributed by atoms with Gasteiger partial charge in [0, 0.05) is 69.4 Å². The minimum Gasteiger partial charge on any atom is -0.508 e. The highest BCUT2D eigenvalue weighted by atomic mass is 19.4. The second kappa shape index (κ2) is 13.0. The molecule has 14 heteroatoms. The Labute approximate surface area is 234 Å². The molecule has 0 unspecified atom stereocenters. The van der Waals surface area contributed by atoms with Gasteiger partial charge in [-0.3, -0.25) is 0 Å². The van der Waals surface area contributed by atoms with Gasteiger partial charge in [0.05, 0.1) is 25.5 Å². The van der Waals surface area contributed by atoms with Crippen molar-refractivity contribution < 1.29 is 37.7 Å². The van der Waals surface area contributed by atoms with Crippen molar-refractivity contribution in [2.75, 3.05) is 74.9 Å². The van der Waals surface area contributed by atoms with Crippen LogP contribution in [0.3, 0.4) is 0 Å². The third kappa shape index (κ3) is 7.32.